The Balaban J connectivity index is 1.99. The van der Waals surface area contributed by atoms with Crippen LogP contribution in [0.3, 0.4) is 0 Å². The molecule has 0 aliphatic rings. The van der Waals surface area contributed by atoms with E-state index in [1.807, 2.05) is 27.1 Å². The van der Waals surface area contributed by atoms with Gasteiger partial charge in [-0.2, -0.15) is 0 Å². The van der Waals surface area contributed by atoms with Crippen LogP contribution < -0.4 is 15.4 Å². The molecule has 0 atom stereocenters. The highest BCUT2D eigenvalue weighted by atomic mass is 16.5. The monoisotopic (exact) mass is 386 g/mol. The van der Waals surface area contributed by atoms with Gasteiger partial charge in [0, 0.05) is 19.7 Å². The van der Waals surface area contributed by atoms with Crippen molar-refractivity contribution in [3.8, 4) is 16.9 Å². The first kappa shape index (κ1) is 20.5. The lowest BCUT2D eigenvalue weighted by Gasteiger charge is -2.19. The van der Waals surface area contributed by atoms with E-state index in [4.69, 9.17) is 4.74 Å². The Morgan fingerprint density at radius 2 is 1.59 bits per heavy atom. The minimum absolute atomic E-state index is 0.618. The minimum atomic E-state index is 0.618. The summed E-state index contributed by atoms with van der Waals surface area (Å²) >= 11 is 0. The third kappa shape index (κ3) is 4.62. The maximum absolute atomic E-state index is 6.02. The average Bonchev–Trinajstić information content (AvgIpc) is 2.78. The van der Waals surface area contributed by atoms with E-state index in [2.05, 4.69) is 84.3 Å². The standard InChI is InChI=1S/C26H30N2O/c1-5-20(18-19-10-8-7-9-11-19)21-12-14-22(15-13-21)23-16-17-24(27-3)25(28-4)26(23)29-6-2/h7-18,27-28H,5-6H2,1-4H3/b20-18-. The lowest BCUT2D eigenvalue weighted by molar-refractivity contribution is 0.343. The van der Waals surface area contributed by atoms with E-state index in [-0.39, 0.29) is 0 Å². The molecule has 2 N–H and O–H groups in total. The van der Waals surface area contributed by atoms with Gasteiger partial charge in [-0.25, -0.2) is 0 Å². The van der Waals surface area contributed by atoms with E-state index in [1.54, 1.807) is 0 Å². The molecule has 0 radical (unpaired) electrons. The average molecular weight is 387 g/mol. The second kappa shape index (κ2) is 9.83. The van der Waals surface area contributed by atoms with E-state index in [0.717, 1.165) is 34.7 Å². The van der Waals surface area contributed by atoms with Crippen LogP contribution in [0.25, 0.3) is 22.8 Å². The van der Waals surface area contributed by atoms with Crippen LogP contribution in [-0.2, 0) is 0 Å². The molecule has 3 nitrogen and oxygen atoms in total. The topological polar surface area (TPSA) is 33.3 Å². The largest absolute Gasteiger partial charge is 0.491 e. The zero-order valence-corrected chi connectivity index (χ0v) is 17.8. The van der Waals surface area contributed by atoms with Crippen molar-refractivity contribution in [3.63, 3.8) is 0 Å². The van der Waals surface area contributed by atoms with Crippen molar-refractivity contribution in [3.05, 3.63) is 77.9 Å². The van der Waals surface area contributed by atoms with Gasteiger partial charge in [0.05, 0.1) is 12.3 Å². The fourth-order valence-corrected chi connectivity index (χ4v) is 3.56. The number of hydrogen-bond acceptors (Lipinski definition) is 3. The van der Waals surface area contributed by atoms with Gasteiger partial charge in [-0.15, -0.1) is 0 Å². The molecule has 0 fully saturated rings. The zero-order valence-electron chi connectivity index (χ0n) is 17.8. The Bertz CT molecular complexity index is 960. The number of anilines is 2. The van der Waals surface area contributed by atoms with E-state index in [1.165, 1.54) is 16.7 Å². The second-order valence-corrected chi connectivity index (χ2v) is 6.81. The summed E-state index contributed by atoms with van der Waals surface area (Å²) in [4.78, 5) is 0. The fourth-order valence-electron chi connectivity index (χ4n) is 3.56. The quantitative estimate of drug-likeness (QED) is 0.418. The molecule has 0 amide bonds. The summed E-state index contributed by atoms with van der Waals surface area (Å²) in [7, 11) is 3.85. The van der Waals surface area contributed by atoms with Crippen LogP contribution in [0.2, 0.25) is 0 Å². The van der Waals surface area contributed by atoms with E-state index >= 15 is 0 Å². The van der Waals surface area contributed by atoms with Gasteiger partial charge in [-0.1, -0.05) is 67.6 Å². The molecule has 0 unspecified atom stereocenters. The van der Waals surface area contributed by atoms with Gasteiger partial charge in [-0.3, -0.25) is 0 Å². The first-order chi connectivity index (χ1) is 14.2. The first-order valence-electron chi connectivity index (χ1n) is 10.2. The van der Waals surface area contributed by atoms with Crippen LogP contribution in [0.5, 0.6) is 5.75 Å². The lowest BCUT2D eigenvalue weighted by atomic mass is 9.96. The normalized spacial score (nSPS) is 11.2. The van der Waals surface area contributed by atoms with Crippen molar-refractivity contribution in [2.24, 2.45) is 0 Å². The SMILES string of the molecule is CCOc1c(-c2ccc(/C(=C\c3ccccc3)CC)cc2)ccc(NC)c1NC. The highest BCUT2D eigenvalue weighted by molar-refractivity contribution is 5.87. The number of ether oxygens (including phenoxy) is 1. The van der Waals surface area contributed by atoms with Gasteiger partial charge in [0.15, 0.2) is 5.75 Å². The molecule has 0 aliphatic carbocycles. The van der Waals surface area contributed by atoms with Gasteiger partial charge in [0.2, 0.25) is 0 Å². The highest BCUT2D eigenvalue weighted by Gasteiger charge is 2.15. The van der Waals surface area contributed by atoms with Crippen molar-refractivity contribution >= 4 is 23.0 Å². The molecule has 0 aliphatic heterocycles. The number of allylic oxidation sites excluding steroid dienone is 1. The summed E-state index contributed by atoms with van der Waals surface area (Å²) in [6.07, 6.45) is 3.25. The Morgan fingerprint density at radius 3 is 2.17 bits per heavy atom. The Kier molecular flexibility index (Phi) is 6.96. The molecule has 3 aromatic carbocycles. The Hall–Kier alpha value is -3.20. The predicted molar refractivity (Wildman–Crippen MR) is 127 cm³/mol. The molecule has 0 heterocycles. The molecule has 0 saturated carbocycles. The maximum Gasteiger partial charge on any atom is 0.152 e. The van der Waals surface area contributed by atoms with Crippen LogP contribution in [0.4, 0.5) is 11.4 Å². The summed E-state index contributed by atoms with van der Waals surface area (Å²) < 4.78 is 6.02. The first-order valence-corrected chi connectivity index (χ1v) is 10.2. The summed E-state index contributed by atoms with van der Waals surface area (Å²) in [5.41, 5.74) is 8.05. The number of nitrogens with one attached hydrogen (secondary N) is 2. The Morgan fingerprint density at radius 1 is 0.862 bits per heavy atom. The van der Waals surface area contributed by atoms with Crippen molar-refractivity contribution < 1.29 is 4.74 Å². The van der Waals surface area contributed by atoms with Crippen molar-refractivity contribution in [1.82, 2.24) is 0 Å². The summed E-state index contributed by atoms with van der Waals surface area (Å²) in [5, 5.41) is 6.51. The second-order valence-electron chi connectivity index (χ2n) is 6.81. The van der Waals surface area contributed by atoms with Crippen LogP contribution in [0.15, 0.2) is 66.7 Å². The van der Waals surface area contributed by atoms with Gasteiger partial charge < -0.3 is 15.4 Å². The van der Waals surface area contributed by atoms with Crippen LogP contribution in [-0.4, -0.2) is 20.7 Å². The lowest BCUT2D eigenvalue weighted by Crippen LogP contribution is -2.03. The zero-order chi connectivity index (χ0) is 20.6. The molecule has 0 saturated heterocycles. The summed E-state index contributed by atoms with van der Waals surface area (Å²) in [6.45, 7) is 4.83. The summed E-state index contributed by atoms with van der Waals surface area (Å²) in [5.74, 6) is 0.880. The van der Waals surface area contributed by atoms with Gasteiger partial charge in [0.25, 0.3) is 0 Å². The van der Waals surface area contributed by atoms with Crippen LogP contribution >= 0.6 is 0 Å². The number of benzene rings is 3. The fraction of sp³-hybridized carbons (Fsp3) is 0.231. The molecule has 3 heteroatoms. The maximum atomic E-state index is 6.02. The third-order valence-electron chi connectivity index (χ3n) is 5.05. The van der Waals surface area contributed by atoms with Crippen LogP contribution in [0.1, 0.15) is 31.4 Å². The van der Waals surface area contributed by atoms with Gasteiger partial charge in [0.1, 0.15) is 5.69 Å². The van der Waals surface area contributed by atoms with Crippen molar-refractivity contribution in [1.29, 1.82) is 0 Å². The third-order valence-corrected chi connectivity index (χ3v) is 5.05. The molecule has 150 valence electrons. The molecule has 29 heavy (non-hydrogen) atoms. The number of hydrogen-bond donors (Lipinski definition) is 2. The molecule has 0 aromatic heterocycles. The van der Waals surface area contributed by atoms with E-state index in [9.17, 15) is 0 Å². The van der Waals surface area contributed by atoms with Crippen molar-refractivity contribution in [2.75, 3.05) is 31.3 Å². The van der Waals surface area contributed by atoms with Crippen LogP contribution in [0, 0.1) is 0 Å². The molecule has 3 aromatic rings. The molecular formula is C26H30N2O. The highest BCUT2D eigenvalue weighted by Crippen LogP contribution is 2.41. The predicted octanol–water partition coefficient (Wildman–Crippen LogP) is 6.79. The van der Waals surface area contributed by atoms with E-state index in [0.29, 0.717) is 6.61 Å². The summed E-state index contributed by atoms with van der Waals surface area (Å²) in [6, 6.07) is 23.5. The molecule has 3 rings (SSSR count). The molecule has 0 spiro atoms. The molecule has 0 bridgehead atoms. The minimum Gasteiger partial charge on any atom is -0.491 e. The Labute approximate surface area is 174 Å². The molecular weight excluding hydrogens is 356 g/mol. The van der Waals surface area contributed by atoms with Gasteiger partial charge in [-0.05, 0) is 47.7 Å². The van der Waals surface area contributed by atoms with Gasteiger partial charge >= 0.3 is 0 Å². The number of rotatable bonds is 8. The van der Waals surface area contributed by atoms with E-state index < -0.39 is 0 Å². The van der Waals surface area contributed by atoms with Crippen molar-refractivity contribution in [2.45, 2.75) is 20.3 Å². The smallest absolute Gasteiger partial charge is 0.152 e.